The molecule has 0 saturated carbocycles. The van der Waals surface area contributed by atoms with Crippen LogP contribution in [0.3, 0.4) is 0 Å². The Labute approximate surface area is 205 Å². The summed E-state index contributed by atoms with van der Waals surface area (Å²) in [5.41, 5.74) is 1.76. The quantitative estimate of drug-likeness (QED) is 0.394. The molecule has 0 radical (unpaired) electrons. The van der Waals surface area contributed by atoms with Crippen LogP contribution in [0.5, 0.6) is 0 Å². The van der Waals surface area contributed by atoms with Crippen LogP contribution in [-0.4, -0.2) is 11.1 Å². The van der Waals surface area contributed by atoms with Crippen molar-refractivity contribution < 1.29 is 4.79 Å². The normalized spacial score (nSPS) is 15.1. The molecule has 0 atom stereocenters. The number of ketones is 1. The molecule has 1 nitrogen and oxygen atoms in total. The van der Waals surface area contributed by atoms with Crippen LogP contribution in [0.25, 0.3) is 0 Å². The first-order valence-corrected chi connectivity index (χ1v) is 13.8. The molecule has 4 rings (SSSR count). The summed E-state index contributed by atoms with van der Waals surface area (Å²) in [6.45, 7) is 10.7. The smallest absolute Gasteiger partial charge is 0.190 e. The van der Waals surface area contributed by atoms with Crippen LogP contribution in [0.15, 0.2) is 114 Å². The fraction of sp³-hybridized carbons (Fsp3) is 0.250. The van der Waals surface area contributed by atoms with Gasteiger partial charge in [0.1, 0.15) is 0 Å². The summed E-state index contributed by atoms with van der Waals surface area (Å²) in [7, 11) is 0. The fourth-order valence-corrected chi connectivity index (χ4v) is 9.02. The van der Waals surface area contributed by atoms with Crippen molar-refractivity contribution in [2.75, 3.05) is 0 Å². The Morgan fingerprint density at radius 2 is 0.912 bits per heavy atom. The summed E-state index contributed by atoms with van der Waals surface area (Å²) in [5, 5.41) is 4.54. The van der Waals surface area contributed by atoms with Crippen LogP contribution in [0.2, 0.25) is 0 Å². The van der Waals surface area contributed by atoms with Gasteiger partial charge in [-0.05, 0) is 45.3 Å². The molecule has 0 amide bonds. The Morgan fingerprint density at radius 3 is 1.24 bits per heavy atom. The predicted octanol–water partition coefficient (Wildman–Crippen LogP) is 6.68. The molecule has 0 aliphatic heterocycles. The average molecular weight is 467 g/mol. The van der Waals surface area contributed by atoms with Crippen molar-refractivity contribution in [2.45, 2.75) is 41.5 Å². The van der Waals surface area contributed by atoms with Crippen molar-refractivity contribution in [1.82, 2.24) is 0 Å². The molecule has 0 spiro atoms. The second kappa shape index (κ2) is 9.05. The molecule has 0 fully saturated rings. The van der Waals surface area contributed by atoms with E-state index in [1.54, 1.807) is 0 Å². The third kappa shape index (κ3) is 4.30. The molecule has 0 N–H and O–H groups in total. The SMILES string of the molecule is CC(C)(C)C1=CC(=P(c2ccccc2)(c2ccccc2)c2ccccc2)C(=O)C(C(C)(C)C)=C1. The van der Waals surface area contributed by atoms with Crippen LogP contribution in [0.1, 0.15) is 41.5 Å². The van der Waals surface area contributed by atoms with E-state index in [0.29, 0.717) is 0 Å². The average Bonchev–Trinajstić information content (AvgIpc) is 2.81. The van der Waals surface area contributed by atoms with Crippen LogP contribution in [-0.2, 0) is 4.79 Å². The first-order chi connectivity index (χ1) is 16.1. The number of hydrogen-bond acceptors (Lipinski definition) is 1. The lowest BCUT2D eigenvalue weighted by Gasteiger charge is -2.36. The number of carbonyl (C=O) groups is 1. The van der Waals surface area contributed by atoms with Crippen LogP contribution < -0.4 is 15.9 Å². The Balaban J connectivity index is 2.29. The van der Waals surface area contributed by atoms with E-state index in [4.69, 9.17) is 0 Å². The van der Waals surface area contributed by atoms with Gasteiger partial charge in [-0.15, -0.1) is 0 Å². The molecule has 0 bridgehead atoms. The molecule has 174 valence electrons. The van der Waals surface area contributed by atoms with Crippen LogP contribution in [0.4, 0.5) is 0 Å². The minimum atomic E-state index is -2.45. The minimum Gasteiger partial charge on any atom is -0.289 e. The summed E-state index contributed by atoms with van der Waals surface area (Å²) < 4.78 is 0. The van der Waals surface area contributed by atoms with Gasteiger partial charge in [-0.25, -0.2) is 0 Å². The van der Waals surface area contributed by atoms with Gasteiger partial charge < -0.3 is 0 Å². The molecule has 0 saturated heterocycles. The Kier molecular flexibility index (Phi) is 6.45. The zero-order valence-electron chi connectivity index (χ0n) is 21.2. The number of hydrogen-bond donors (Lipinski definition) is 0. The van der Waals surface area contributed by atoms with Gasteiger partial charge in [-0.2, -0.15) is 0 Å². The highest BCUT2D eigenvalue weighted by atomic mass is 31.2. The zero-order valence-corrected chi connectivity index (χ0v) is 22.1. The summed E-state index contributed by atoms with van der Waals surface area (Å²) in [5.74, 6) is 0.172. The van der Waals surface area contributed by atoms with Gasteiger partial charge in [0.25, 0.3) is 0 Å². The molecule has 1 aliphatic rings. The molecule has 1 aliphatic carbocycles. The van der Waals surface area contributed by atoms with Gasteiger partial charge in [0.15, 0.2) is 5.78 Å². The maximum absolute atomic E-state index is 14.5. The lowest BCUT2D eigenvalue weighted by molar-refractivity contribution is -0.110. The van der Waals surface area contributed by atoms with Crippen LogP contribution >= 0.6 is 6.89 Å². The van der Waals surface area contributed by atoms with Crippen molar-refractivity contribution in [1.29, 1.82) is 0 Å². The van der Waals surface area contributed by atoms with Crippen molar-refractivity contribution >= 4 is 33.9 Å². The molecular weight excluding hydrogens is 431 g/mol. The molecular formula is C32H35OP. The highest BCUT2D eigenvalue weighted by molar-refractivity contribution is 7.96. The summed E-state index contributed by atoms with van der Waals surface area (Å²) in [4.78, 5) is 14.5. The molecule has 3 aromatic carbocycles. The van der Waals surface area contributed by atoms with E-state index in [1.807, 2.05) is 0 Å². The maximum atomic E-state index is 14.5. The fourth-order valence-electron chi connectivity index (χ4n) is 4.67. The Morgan fingerprint density at radius 1 is 0.529 bits per heavy atom. The number of Topliss-reactive ketones (excluding diaryl/α,β-unsaturated/α-hetero) is 1. The van der Waals surface area contributed by atoms with E-state index in [0.717, 1.165) is 10.9 Å². The summed E-state index contributed by atoms with van der Waals surface area (Å²) in [6, 6.07) is 32.0. The summed E-state index contributed by atoms with van der Waals surface area (Å²) in [6.07, 6.45) is 4.37. The van der Waals surface area contributed by atoms with E-state index in [1.165, 1.54) is 21.5 Å². The molecule has 34 heavy (non-hydrogen) atoms. The molecule has 0 heterocycles. The maximum Gasteiger partial charge on any atom is 0.190 e. The van der Waals surface area contributed by atoms with E-state index >= 15 is 0 Å². The third-order valence-electron chi connectivity index (χ3n) is 6.54. The van der Waals surface area contributed by atoms with E-state index < -0.39 is 6.89 Å². The van der Waals surface area contributed by atoms with E-state index in [9.17, 15) is 4.79 Å². The van der Waals surface area contributed by atoms with E-state index in [2.05, 4.69) is 145 Å². The number of allylic oxidation sites excluding steroid dienone is 4. The first kappa shape index (κ1) is 24.2. The van der Waals surface area contributed by atoms with Gasteiger partial charge in [0.05, 0.1) is 0 Å². The van der Waals surface area contributed by atoms with Crippen molar-refractivity contribution in [3.05, 3.63) is 114 Å². The molecule has 0 aromatic heterocycles. The van der Waals surface area contributed by atoms with Gasteiger partial charge in [-0.3, -0.25) is 4.79 Å². The lowest BCUT2D eigenvalue weighted by atomic mass is 9.75. The molecule has 3 aromatic rings. The Hall–Kier alpha value is -2.89. The van der Waals surface area contributed by atoms with E-state index in [-0.39, 0.29) is 16.6 Å². The zero-order chi connectivity index (χ0) is 24.6. The first-order valence-electron chi connectivity index (χ1n) is 12.0. The molecule has 0 unspecified atom stereocenters. The Bertz CT molecular complexity index is 1190. The van der Waals surface area contributed by atoms with Crippen molar-refractivity contribution in [3.63, 3.8) is 0 Å². The van der Waals surface area contributed by atoms with Gasteiger partial charge in [0.2, 0.25) is 0 Å². The third-order valence-corrected chi connectivity index (χ3v) is 10.8. The molecule has 2 heteroatoms. The number of carbonyl (C=O) groups excluding carboxylic acids is 1. The standard InChI is InChI=1S/C32H35OP/c1-31(2,3)24-22-28(32(4,5)6)30(33)29(23-24)34(25-16-10-7-11-17-25,26-18-12-8-13-19-26)27-20-14-9-15-21-27/h7-23H,1-6H3. The van der Waals surface area contributed by atoms with Gasteiger partial charge in [-0.1, -0.05) is 139 Å². The summed E-state index contributed by atoms with van der Waals surface area (Å²) >= 11 is 0. The van der Waals surface area contributed by atoms with Crippen LogP contribution in [0, 0.1) is 10.8 Å². The topological polar surface area (TPSA) is 17.1 Å². The predicted molar refractivity (Wildman–Crippen MR) is 150 cm³/mol. The largest absolute Gasteiger partial charge is 0.289 e. The highest BCUT2D eigenvalue weighted by Gasteiger charge is 2.38. The van der Waals surface area contributed by atoms with Crippen molar-refractivity contribution in [3.8, 4) is 0 Å². The minimum absolute atomic E-state index is 0.0812. The highest BCUT2D eigenvalue weighted by Crippen LogP contribution is 2.50. The number of rotatable bonds is 3. The van der Waals surface area contributed by atoms with Crippen molar-refractivity contribution in [2.24, 2.45) is 10.8 Å². The lowest BCUT2D eigenvalue weighted by Crippen LogP contribution is -2.37. The second-order valence-electron chi connectivity index (χ2n) is 11.0. The van der Waals surface area contributed by atoms with Gasteiger partial charge >= 0.3 is 0 Å². The number of benzene rings is 3. The van der Waals surface area contributed by atoms with Gasteiger partial charge in [0, 0.05) is 10.9 Å². The second-order valence-corrected chi connectivity index (χ2v) is 14.4. The monoisotopic (exact) mass is 466 g/mol.